The minimum absolute atomic E-state index is 0.152. The molecule has 1 N–H and O–H groups in total. The molecule has 29 heavy (non-hydrogen) atoms. The smallest absolute Gasteiger partial charge is 0.254 e. The third-order valence-electron chi connectivity index (χ3n) is 4.83. The molecule has 0 spiro atoms. The fraction of sp³-hybridized carbons (Fsp3) is 0.125. The van der Waals surface area contributed by atoms with Crippen LogP contribution in [0.1, 0.15) is 21.5 Å². The fourth-order valence-corrected chi connectivity index (χ4v) is 3.38. The monoisotopic (exact) mass is 401 g/mol. The van der Waals surface area contributed by atoms with E-state index >= 15 is 0 Å². The molecule has 1 amide bonds. The molecule has 0 atom stereocenters. The number of carbonyl (C=O) groups is 1. The zero-order valence-electron chi connectivity index (χ0n) is 16.0. The summed E-state index contributed by atoms with van der Waals surface area (Å²) in [5.41, 5.74) is 4.98. The zero-order valence-corrected chi connectivity index (χ0v) is 16.8. The van der Waals surface area contributed by atoms with Gasteiger partial charge in [0.1, 0.15) is 5.69 Å². The highest BCUT2D eigenvalue weighted by Gasteiger charge is 2.19. The van der Waals surface area contributed by atoms with Crippen LogP contribution in [0.3, 0.4) is 0 Å². The van der Waals surface area contributed by atoms with E-state index in [1.54, 1.807) is 0 Å². The van der Waals surface area contributed by atoms with E-state index in [0.717, 1.165) is 28.5 Å². The van der Waals surface area contributed by atoms with Gasteiger partial charge in [-0.05, 0) is 37.1 Å². The van der Waals surface area contributed by atoms with E-state index in [4.69, 9.17) is 11.6 Å². The molecule has 0 fully saturated rings. The predicted octanol–water partition coefficient (Wildman–Crippen LogP) is 5.23. The van der Waals surface area contributed by atoms with E-state index in [1.807, 2.05) is 79.7 Å². The first-order valence-electron chi connectivity index (χ1n) is 9.47. The Kier molecular flexibility index (Phi) is 5.54. The van der Waals surface area contributed by atoms with E-state index in [9.17, 15) is 4.79 Å². The van der Waals surface area contributed by atoms with E-state index in [-0.39, 0.29) is 5.91 Å². The largest absolute Gasteiger partial charge is 0.352 e. The highest BCUT2D eigenvalue weighted by Crippen LogP contribution is 2.27. The highest BCUT2D eigenvalue weighted by atomic mass is 35.5. The second-order valence-corrected chi connectivity index (χ2v) is 7.38. The van der Waals surface area contributed by atoms with Crippen LogP contribution >= 0.6 is 11.6 Å². The minimum atomic E-state index is -0.152. The molecule has 0 bridgehead atoms. The van der Waals surface area contributed by atoms with Gasteiger partial charge in [-0.1, -0.05) is 71.8 Å². The zero-order chi connectivity index (χ0) is 20.2. The number of aromatic nitrogens is 2. The first-order valence-corrected chi connectivity index (χ1v) is 9.85. The molecular weight excluding hydrogens is 382 g/mol. The molecule has 5 heteroatoms. The van der Waals surface area contributed by atoms with Gasteiger partial charge in [-0.15, -0.1) is 10.2 Å². The van der Waals surface area contributed by atoms with Gasteiger partial charge in [0.15, 0.2) is 0 Å². The van der Waals surface area contributed by atoms with Gasteiger partial charge in [0.25, 0.3) is 5.91 Å². The second-order valence-electron chi connectivity index (χ2n) is 6.94. The number of halogens is 1. The number of benzene rings is 3. The standard InChI is InChI=1S/C24H20ClN3O/c1-16-6-10-18(11-7-16)23-22(20-4-2-3-5-21(20)27-28-23)24(29)26-15-14-17-8-12-19(25)13-9-17/h2-13H,14-15H2,1H3,(H,26,29). The summed E-state index contributed by atoms with van der Waals surface area (Å²) in [7, 11) is 0. The molecule has 0 aliphatic carbocycles. The summed E-state index contributed by atoms with van der Waals surface area (Å²) in [5.74, 6) is -0.152. The molecule has 0 saturated carbocycles. The molecule has 3 aromatic carbocycles. The molecule has 1 heterocycles. The Morgan fingerprint density at radius 1 is 0.931 bits per heavy atom. The van der Waals surface area contributed by atoms with Crippen molar-refractivity contribution in [3.8, 4) is 11.3 Å². The Morgan fingerprint density at radius 3 is 2.41 bits per heavy atom. The van der Waals surface area contributed by atoms with Crippen molar-refractivity contribution in [2.45, 2.75) is 13.3 Å². The second kappa shape index (κ2) is 8.41. The van der Waals surface area contributed by atoms with Crippen LogP contribution < -0.4 is 5.32 Å². The number of nitrogens with zero attached hydrogens (tertiary/aromatic N) is 2. The van der Waals surface area contributed by atoms with E-state index in [0.29, 0.717) is 28.3 Å². The van der Waals surface area contributed by atoms with Crippen molar-refractivity contribution in [2.24, 2.45) is 0 Å². The first-order chi connectivity index (χ1) is 14.1. The maximum absolute atomic E-state index is 13.2. The normalized spacial score (nSPS) is 10.8. The number of aryl methyl sites for hydroxylation is 1. The Bertz CT molecular complexity index is 1160. The van der Waals surface area contributed by atoms with Gasteiger partial charge in [0.2, 0.25) is 0 Å². The summed E-state index contributed by atoms with van der Waals surface area (Å²) in [4.78, 5) is 13.2. The van der Waals surface area contributed by atoms with Gasteiger partial charge in [-0.2, -0.15) is 0 Å². The maximum Gasteiger partial charge on any atom is 0.254 e. The lowest BCUT2D eigenvalue weighted by atomic mass is 10.0. The quantitative estimate of drug-likeness (QED) is 0.498. The average Bonchev–Trinajstić information content (AvgIpc) is 2.75. The Hall–Kier alpha value is -3.24. The topological polar surface area (TPSA) is 54.9 Å². The lowest BCUT2D eigenvalue weighted by molar-refractivity contribution is 0.0956. The number of carbonyl (C=O) groups excluding carboxylic acids is 1. The summed E-state index contributed by atoms with van der Waals surface area (Å²) in [6.45, 7) is 2.55. The van der Waals surface area contributed by atoms with Crippen LogP contribution in [0.25, 0.3) is 22.2 Å². The minimum Gasteiger partial charge on any atom is -0.352 e. The van der Waals surface area contributed by atoms with Crippen molar-refractivity contribution in [1.29, 1.82) is 0 Å². The van der Waals surface area contributed by atoms with Crippen LogP contribution in [0.2, 0.25) is 5.02 Å². The van der Waals surface area contributed by atoms with Crippen LogP contribution in [0.4, 0.5) is 0 Å². The SMILES string of the molecule is Cc1ccc(-c2nnc3ccccc3c2C(=O)NCCc2ccc(Cl)cc2)cc1. The Balaban J connectivity index is 1.64. The fourth-order valence-electron chi connectivity index (χ4n) is 3.26. The highest BCUT2D eigenvalue weighted by molar-refractivity contribution is 6.30. The molecule has 0 saturated heterocycles. The van der Waals surface area contributed by atoms with Gasteiger partial charge in [0.05, 0.1) is 11.1 Å². The molecule has 0 radical (unpaired) electrons. The maximum atomic E-state index is 13.2. The Labute approximate surface area is 174 Å². The summed E-state index contributed by atoms with van der Waals surface area (Å²) >= 11 is 5.93. The third-order valence-corrected chi connectivity index (χ3v) is 5.08. The van der Waals surface area contributed by atoms with Crippen LogP contribution in [0.5, 0.6) is 0 Å². The predicted molar refractivity (Wildman–Crippen MR) is 117 cm³/mol. The van der Waals surface area contributed by atoms with E-state index < -0.39 is 0 Å². The molecule has 0 aliphatic rings. The first kappa shape index (κ1) is 19.1. The summed E-state index contributed by atoms with van der Waals surface area (Å²) in [6, 6.07) is 23.2. The molecular formula is C24H20ClN3O. The van der Waals surface area contributed by atoms with Crippen LogP contribution in [-0.4, -0.2) is 22.6 Å². The summed E-state index contributed by atoms with van der Waals surface area (Å²) in [6.07, 6.45) is 0.721. The van der Waals surface area contributed by atoms with Gasteiger partial charge < -0.3 is 5.32 Å². The van der Waals surface area contributed by atoms with Crippen molar-refractivity contribution >= 4 is 28.4 Å². The van der Waals surface area contributed by atoms with Gasteiger partial charge in [-0.3, -0.25) is 4.79 Å². The Morgan fingerprint density at radius 2 is 1.66 bits per heavy atom. The van der Waals surface area contributed by atoms with E-state index in [1.165, 1.54) is 0 Å². The van der Waals surface area contributed by atoms with Crippen LogP contribution in [-0.2, 0) is 6.42 Å². The van der Waals surface area contributed by atoms with Crippen LogP contribution in [0, 0.1) is 6.92 Å². The number of rotatable bonds is 5. The molecule has 1 aromatic heterocycles. The average molecular weight is 402 g/mol. The van der Waals surface area contributed by atoms with Crippen LogP contribution in [0.15, 0.2) is 72.8 Å². The van der Waals surface area contributed by atoms with Crippen molar-refractivity contribution in [3.05, 3.63) is 94.5 Å². The molecule has 0 unspecified atom stereocenters. The molecule has 0 aliphatic heterocycles. The van der Waals surface area contributed by atoms with Crippen molar-refractivity contribution < 1.29 is 4.79 Å². The molecule has 4 rings (SSSR count). The molecule has 4 aromatic rings. The molecule has 4 nitrogen and oxygen atoms in total. The van der Waals surface area contributed by atoms with Gasteiger partial charge in [0, 0.05) is 22.5 Å². The summed E-state index contributed by atoms with van der Waals surface area (Å²) < 4.78 is 0. The third kappa shape index (κ3) is 4.28. The number of hydrogen-bond donors (Lipinski definition) is 1. The van der Waals surface area contributed by atoms with Crippen molar-refractivity contribution in [1.82, 2.24) is 15.5 Å². The summed E-state index contributed by atoms with van der Waals surface area (Å²) in [5, 5.41) is 13.2. The lowest BCUT2D eigenvalue weighted by Gasteiger charge is -2.12. The lowest BCUT2D eigenvalue weighted by Crippen LogP contribution is -2.27. The van der Waals surface area contributed by atoms with Gasteiger partial charge in [-0.25, -0.2) is 0 Å². The number of nitrogens with one attached hydrogen (secondary N) is 1. The van der Waals surface area contributed by atoms with Crippen molar-refractivity contribution in [2.75, 3.05) is 6.54 Å². The van der Waals surface area contributed by atoms with E-state index in [2.05, 4.69) is 15.5 Å². The number of hydrogen-bond acceptors (Lipinski definition) is 3. The number of amides is 1. The number of fused-ring (bicyclic) bond motifs is 1. The van der Waals surface area contributed by atoms with Gasteiger partial charge >= 0.3 is 0 Å². The molecule has 144 valence electrons. The van der Waals surface area contributed by atoms with Crippen molar-refractivity contribution in [3.63, 3.8) is 0 Å².